The standard InChI is InChI=1S/C21H32O2/c1-7-15(2)11-13-20(4)16(3)12-14-21(5)17(19(22)23-6)9-8-10-18(20)21/h7,9,16,18H,1-2,8,10-14H2,3-6H3. The Morgan fingerprint density at radius 2 is 2.13 bits per heavy atom. The van der Waals surface area contributed by atoms with Gasteiger partial charge < -0.3 is 4.74 Å². The molecule has 0 N–H and O–H groups in total. The first-order valence-corrected chi connectivity index (χ1v) is 8.88. The number of ether oxygens (including phenoxy) is 1. The summed E-state index contributed by atoms with van der Waals surface area (Å²) < 4.78 is 5.08. The molecule has 2 heteroatoms. The van der Waals surface area contributed by atoms with Crippen LogP contribution in [0, 0.1) is 22.7 Å². The van der Waals surface area contributed by atoms with Crippen LogP contribution in [0.25, 0.3) is 0 Å². The predicted molar refractivity (Wildman–Crippen MR) is 96.0 cm³/mol. The molecule has 0 spiro atoms. The Hall–Kier alpha value is -1.31. The summed E-state index contributed by atoms with van der Waals surface area (Å²) in [5.41, 5.74) is 2.20. The third-order valence-corrected chi connectivity index (χ3v) is 6.89. The SMILES string of the molecule is C=CC(=C)CCC1(C)C(C)CCC2(C)C(C(=O)OC)=CCCC21. The first-order chi connectivity index (χ1) is 10.8. The van der Waals surface area contributed by atoms with Crippen molar-refractivity contribution in [1.82, 2.24) is 0 Å². The Kier molecular flexibility index (Phi) is 5.23. The molecular formula is C21H32O2. The molecule has 2 nitrogen and oxygen atoms in total. The number of allylic oxidation sites excluding steroid dienone is 3. The van der Waals surface area contributed by atoms with E-state index < -0.39 is 0 Å². The van der Waals surface area contributed by atoms with Crippen LogP contribution in [0.5, 0.6) is 0 Å². The van der Waals surface area contributed by atoms with Gasteiger partial charge in [0.25, 0.3) is 0 Å². The van der Waals surface area contributed by atoms with Crippen LogP contribution in [0.15, 0.2) is 36.5 Å². The van der Waals surface area contributed by atoms with Crippen LogP contribution in [0.3, 0.4) is 0 Å². The van der Waals surface area contributed by atoms with Crippen molar-refractivity contribution in [2.75, 3.05) is 7.11 Å². The van der Waals surface area contributed by atoms with Gasteiger partial charge in [0.1, 0.15) is 0 Å². The number of fused-ring (bicyclic) bond motifs is 1. The molecule has 2 rings (SSSR count). The van der Waals surface area contributed by atoms with Crippen molar-refractivity contribution >= 4 is 5.97 Å². The highest BCUT2D eigenvalue weighted by molar-refractivity contribution is 5.90. The highest BCUT2D eigenvalue weighted by Crippen LogP contribution is 2.62. The van der Waals surface area contributed by atoms with Crippen LogP contribution in [0.4, 0.5) is 0 Å². The molecule has 0 bridgehead atoms. The van der Waals surface area contributed by atoms with Crippen molar-refractivity contribution in [3.63, 3.8) is 0 Å². The molecule has 2 aliphatic rings. The van der Waals surface area contributed by atoms with Gasteiger partial charge >= 0.3 is 5.97 Å². The first kappa shape index (κ1) is 18.0. The van der Waals surface area contributed by atoms with Crippen molar-refractivity contribution in [2.24, 2.45) is 22.7 Å². The number of hydrogen-bond donors (Lipinski definition) is 0. The number of carbonyl (C=O) groups is 1. The van der Waals surface area contributed by atoms with Gasteiger partial charge in [0.05, 0.1) is 7.11 Å². The Labute approximate surface area is 141 Å². The zero-order valence-corrected chi connectivity index (χ0v) is 15.3. The Bertz CT molecular complexity index is 530. The van der Waals surface area contributed by atoms with Gasteiger partial charge in [0, 0.05) is 11.0 Å². The van der Waals surface area contributed by atoms with E-state index in [0.29, 0.717) is 11.8 Å². The van der Waals surface area contributed by atoms with Crippen molar-refractivity contribution in [1.29, 1.82) is 0 Å². The van der Waals surface area contributed by atoms with Gasteiger partial charge in [-0.05, 0) is 55.8 Å². The highest BCUT2D eigenvalue weighted by Gasteiger charge is 2.55. The van der Waals surface area contributed by atoms with Crippen molar-refractivity contribution in [3.8, 4) is 0 Å². The molecule has 0 amide bonds. The first-order valence-electron chi connectivity index (χ1n) is 8.88. The quantitative estimate of drug-likeness (QED) is 0.497. The van der Waals surface area contributed by atoms with E-state index in [1.165, 1.54) is 20.0 Å². The monoisotopic (exact) mass is 316 g/mol. The maximum atomic E-state index is 12.3. The highest BCUT2D eigenvalue weighted by atomic mass is 16.5. The summed E-state index contributed by atoms with van der Waals surface area (Å²) in [5, 5.41) is 0. The van der Waals surface area contributed by atoms with E-state index in [4.69, 9.17) is 4.74 Å². The molecule has 1 saturated carbocycles. The largest absolute Gasteiger partial charge is 0.466 e. The van der Waals surface area contributed by atoms with E-state index in [2.05, 4.69) is 40.0 Å². The molecule has 0 saturated heterocycles. The summed E-state index contributed by atoms with van der Waals surface area (Å²) in [5.74, 6) is 1.05. The van der Waals surface area contributed by atoms with Gasteiger partial charge in [0.2, 0.25) is 0 Å². The lowest BCUT2D eigenvalue weighted by Crippen LogP contribution is -2.51. The fourth-order valence-corrected chi connectivity index (χ4v) is 5.07. The second-order valence-corrected chi connectivity index (χ2v) is 7.96. The summed E-state index contributed by atoms with van der Waals surface area (Å²) in [7, 11) is 1.49. The summed E-state index contributed by atoms with van der Waals surface area (Å²) in [4.78, 5) is 12.3. The van der Waals surface area contributed by atoms with Gasteiger partial charge in [0.15, 0.2) is 0 Å². The molecule has 0 radical (unpaired) electrons. The molecule has 128 valence electrons. The van der Waals surface area contributed by atoms with E-state index in [0.717, 1.165) is 36.8 Å². The smallest absolute Gasteiger partial charge is 0.333 e. The summed E-state index contributed by atoms with van der Waals surface area (Å²) in [6.45, 7) is 15.0. The molecule has 1 fully saturated rings. The molecule has 0 aromatic carbocycles. The molecule has 23 heavy (non-hydrogen) atoms. The predicted octanol–water partition coefficient (Wildman–Crippen LogP) is 5.46. The number of rotatable bonds is 5. The van der Waals surface area contributed by atoms with Gasteiger partial charge in [-0.1, -0.05) is 51.7 Å². The number of methoxy groups -OCH3 is 1. The number of hydrogen-bond acceptors (Lipinski definition) is 2. The van der Waals surface area contributed by atoms with Crippen LogP contribution in [0.2, 0.25) is 0 Å². The Balaban J connectivity index is 2.34. The minimum atomic E-state index is -0.135. The van der Waals surface area contributed by atoms with Crippen LogP contribution < -0.4 is 0 Å². The molecule has 4 unspecified atom stereocenters. The van der Waals surface area contributed by atoms with Crippen molar-refractivity contribution in [3.05, 3.63) is 36.5 Å². The van der Waals surface area contributed by atoms with Crippen LogP contribution >= 0.6 is 0 Å². The van der Waals surface area contributed by atoms with Crippen molar-refractivity contribution in [2.45, 2.75) is 59.3 Å². The molecule has 0 aromatic heterocycles. The fraction of sp³-hybridized carbons (Fsp3) is 0.667. The van der Waals surface area contributed by atoms with Crippen LogP contribution in [0.1, 0.15) is 59.3 Å². The van der Waals surface area contributed by atoms with E-state index in [9.17, 15) is 4.79 Å². The van der Waals surface area contributed by atoms with Crippen LogP contribution in [-0.4, -0.2) is 13.1 Å². The van der Waals surface area contributed by atoms with Crippen molar-refractivity contribution < 1.29 is 9.53 Å². The average molecular weight is 316 g/mol. The summed E-state index contributed by atoms with van der Waals surface area (Å²) in [6.07, 6.45) is 10.5. The van der Waals surface area contributed by atoms with E-state index in [1.54, 1.807) is 0 Å². The van der Waals surface area contributed by atoms with E-state index >= 15 is 0 Å². The average Bonchev–Trinajstić information content (AvgIpc) is 2.55. The molecule has 0 aromatic rings. The maximum Gasteiger partial charge on any atom is 0.333 e. The third-order valence-electron chi connectivity index (χ3n) is 6.89. The minimum Gasteiger partial charge on any atom is -0.466 e. The summed E-state index contributed by atoms with van der Waals surface area (Å²) >= 11 is 0. The zero-order valence-electron chi connectivity index (χ0n) is 15.3. The van der Waals surface area contributed by atoms with E-state index in [-0.39, 0.29) is 16.8 Å². The second-order valence-electron chi connectivity index (χ2n) is 7.96. The van der Waals surface area contributed by atoms with E-state index in [1.807, 2.05) is 6.08 Å². The topological polar surface area (TPSA) is 26.3 Å². The minimum absolute atomic E-state index is 0.0535. The third kappa shape index (κ3) is 3.05. The summed E-state index contributed by atoms with van der Waals surface area (Å²) in [6, 6.07) is 0. The zero-order chi connectivity index (χ0) is 17.3. The molecule has 4 atom stereocenters. The lowest BCUT2D eigenvalue weighted by Gasteiger charge is -2.57. The van der Waals surface area contributed by atoms with Gasteiger partial charge in [-0.15, -0.1) is 0 Å². The van der Waals surface area contributed by atoms with Gasteiger partial charge in [-0.3, -0.25) is 0 Å². The molecule has 0 heterocycles. The lowest BCUT2D eigenvalue weighted by atomic mass is 9.46. The normalized spacial score (nSPS) is 36.6. The maximum absolute atomic E-state index is 12.3. The molecular weight excluding hydrogens is 284 g/mol. The Morgan fingerprint density at radius 1 is 1.43 bits per heavy atom. The number of esters is 1. The molecule has 0 aliphatic heterocycles. The van der Waals surface area contributed by atoms with Gasteiger partial charge in [-0.2, -0.15) is 0 Å². The second kappa shape index (κ2) is 6.67. The molecule has 2 aliphatic carbocycles. The lowest BCUT2D eigenvalue weighted by molar-refractivity contribution is -0.140. The van der Waals surface area contributed by atoms with Gasteiger partial charge in [-0.25, -0.2) is 4.79 Å². The number of carbonyl (C=O) groups excluding carboxylic acids is 1. The Morgan fingerprint density at radius 3 is 2.74 bits per heavy atom. The van der Waals surface area contributed by atoms with Crippen LogP contribution in [-0.2, 0) is 9.53 Å². The fourth-order valence-electron chi connectivity index (χ4n) is 5.07.